The number of allylic oxidation sites excluding steroid dienone is 2. The van der Waals surface area contributed by atoms with E-state index >= 15 is 0 Å². The van der Waals surface area contributed by atoms with E-state index in [2.05, 4.69) is 10.1 Å². The van der Waals surface area contributed by atoms with Gasteiger partial charge in [0.05, 0.1) is 12.4 Å². The molecule has 0 saturated heterocycles. The van der Waals surface area contributed by atoms with E-state index in [0.717, 1.165) is 23.4 Å². The molecule has 23 heavy (non-hydrogen) atoms. The van der Waals surface area contributed by atoms with Crippen molar-refractivity contribution in [2.75, 3.05) is 7.05 Å². The second-order valence-corrected chi connectivity index (χ2v) is 4.73. The Bertz CT molecular complexity index is 674. The second kappa shape index (κ2) is 6.65. The summed E-state index contributed by atoms with van der Waals surface area (Å²) in [6, 6.07) is -0.501. The molecule has 0 radical (unpaired) electrons. The van der Waals surface area contributed by atoms with Crippen molar-refractivity contribution in [2.45, 2.75) is 12.2 Å². The quantitative estimate of drug-likeness (QED) is 0.218. The molecule has 0 aliphatic carbocycles. The van der Waals surface area contributed by atoms with E-state index < -0.39 is 29.7 Å². The fourth-order valence-electron chi connectivity index (χ4n) is 1.85. The predicted molar refractivity (Wildman–Crippen MR) is 75.5 cm³/mol. The standard InChI is InChI=1S/C13H14F4N6/c1-22(13(19)11-9(16)4-8(15)5-20-11)21-12(18)10-3-2-7(14)6-23(10)17/h2-6,10,13H,19H2,1H3,(H2,18,21). The first kappa shape index (κ1) is 16.7. The molecule has 124 valence electrons. The summed E-state index contributed by atoms with van der Waals surface area (Å²) in [6.45, 7) is 0. The summed E-state index contributed by atoms with van der Waals surface area (Å²) in [5.41, 5.74) is 11.2. The van der Waals surface area contributed by atoms with E-state index in [4.69, 9.17) is 11.5 Å². The summed E-state index contributed by atoms with van der Waals surface area (Å²) in [4.78, 5) is 3.56. The van der Waals surface area contributed by atoms with E-state index in [1.807, 2.05) is 0 Å². The van der Waals surface area contributed by atoms with Crippen LogP contribution in [0.5, 0.6) is 0 Å². The number of amidine groups is 1. The van der Waals surface area contributed by atoms with Crippen LogP contribution in [0, 0.1) is 11.6 Å². The summed E-state index contributed by atoms with van der Waals surface area (Å²) < 4.78 is 52.9. The molecule has 0 spiro atoms. The van der Waals surface area contributed by atoms with Gasteiger partial charge in [-0.05, 0) is 12.2 Å². The van der Waals surface area contributed by atoms with E-state index in [9.17, 15) is 17.7 Å². The zero-order valence-electron chi connectivity index (χ0n) is 12.0. The first-order valence-electron chi connectivity index (χ1n) is 6.42. The van der Waals surface area contributed by atoms with Gasteiger partial charge in [-0.25, -0.2) is 18.3 Å². The molecule has 2 atom stereocenters. The number of nitrogens with two attached hydrogens (primary N) is 2. The SMILES string of the molecule is CN(/N=C(\N)C1C=CC(F)=CN1F)C(N)c1ncc(F)cc1F. The Hall–Kier alpha value is -2.62. The van der Waals surface area contributed by atoms with Crippen LogP contribution in [0.15, 0.2) is 41.5 Å². The van der Waals surface area contributed by atoms with Gasteiger partial charge < -0.3 is 11.5 Å². The predicted octanol–water partition coefficient (Wildman–Crippen LogP) is 1.46. The third kappa shape index (κ3) is 3.77. The van der Waals surface area contributed by atoms with E-state index in [-0.39, 0.29) is 16.7 Å². The molecule has 1 aliphatic heterocycles. The van der Waals surface area contributed by atoms with Crippen molar-refractivity contribution in [3.05, 3.63) is 53.8 Å². The lowest BCUT2D eigenvalue weighted by Gasteiger charge is -2.25. The summed E-state index contributed by atoms with van der Waals surface area (Å²) in [5.74, 6) is -2.82. The van der Waals surface area contributed by atoms with Gasteiger partial charge in [0, 0.05) is 13.1 Å². The number of aromatic nitrogens is 1. The molecule has 0 saturated carbocycles. The third-order valence-corrected chi connectivity index (χ3v) is 3.05. The first-order chi connectivity index (χ1) is 10.8. The number of hydrazone groups is 1. The molecular weight excluding hydrogens is 316 g/mol. The molecule has 0 amide bonds. The van der Waals surface area contributed by atoms with Crippen LogP contribution in [0.1, 0.15) is 11.9 Å². The first-order valence-corrected chi connectivity index (χ1v) is 6.42. The van der Waals surface area contributed by atoms with Crippen molar-refractivity contribution in [1.82, 2.24) is 15.1 Å². The smallest absolute Gasteiger partial charge is 0.151 e. The molecule has 0 bridgehead atoms. The van der Waals surface area contributed by atoms with E-state index in [0.29, 0.717) is 12.3 Å². The zero-order chi connectivity index (χ0) is 17.1. The van der Waals surface area contributed by atoms with Crippen LogP contribution in [-0.4, -0.2) is 34.0 Å². The minimum atomic E-state index is -1.18. The lowest BCUT2D eigenvalue weighted by molar-refractivity contribution is 0.0768. The molecule has 1 aromatic heterocycles. The minimum absolute atomic E-state index is 0.0320. The lowest BCUT2D eigenvalue weighted by Crippen LogP contribution is -2.40. The van der Waals surface area contributed by atoms with Crippen molar-refractivity contribution < 1.29 is 17.7 Å². The summed E-state index contributed by atoms with van der Waals surface area (Å²) >= 11 is 0. The Morgan fingerprint density at radius 2 is 2.13 bits per heavy atom. The highest BCUT2D eigenvalue weighted by Gasteiger charge is 2.23. The van der Waals surface area contributed by atoms with Gasteiger partial charge in [-0.1, -0.05) is 4.48 Å². The second-order valence-electron chi connectivity index (χ2n) is 4.73. The Labute approximate surface area is 129 Å². The average Bonchev–Trinajstić information content (AvgIpc) is 2.46. The van der Waals surface area contributed by atoms with Crippen molar-refractivity contribution in [3.63, 3.8) is 0 Å². The number of halogens is 4. The Morgan fingerprint density at radius 3 is 2.74 bits per heavy atom. The molecule has 2 rings (SSSR count). The summed E-state index contributed by atoms with van der Waals surface area (Å²) in [5, 5.41) is 4.90. The van der Waals surface area contributed by atoms with Crippen LogP contribution < -0.4 is 11.5 Å². The fourth-order valence-corrected chi connectivity index (χ4v) is 1.85. The molecule has 2 heterocycles. The molecule has 4 N–H and O–H groups in total. The Morgan fingerprint density at radius 1 is 1.43 bits per heavy atom. The molecule has 1 aromatic rings. The van der Waals surface area contributed by atoms with Gasteiger partial charge in [-0.3, -0.25) is 9.99 Å². The lowest BCUT2D eigenvalue weighted by atomic mass is 10.2. The third-order valence-electron chi connectivity index (χ3n) is 3.05. The summed E-state index contributed by atoms with van der Waals surface area (Å²) in [7, 11) is 1.35. The Balaban J connectivity index is 2.16. The van der Waals surface area contributed by atoms with Crippen molar-refractivity contribution >= 4 is 5.84 Å². The maximum absolute atomic E-state index is 13.6. The highest BCUT2D eigenvalue weighted by molar-refractivity contribution is 5.87. The van der Waals surface area contributed by atoms with Gasteiger partial charge in [0.15, 0.2) is 5.82 Å². The molecule has 0 fully saturated rings. The normalized spacial score (nSPS) is 19.6. The van der Waals surface area contributed by atoms with Crippen molar-refractivity contribution in [1.29, 1.82) is 0 Å². The van der Waals surface area contributed by atoms with Crippen molar-refractivity contribution in [3.8, 4) is 0 Å². The van der Waals surface area contributed by atoms with Gasteiger partial charge in [-0.15, -0.1) is 0 Å². The van der Waals surface area contributed by atoms with Gasteiger partial charge in [0.1, 0.15) is 35.4 Å². The van der Waals surface area contributed by atoms with Gasteiger partial charge >= 0.3 is 0 Å². The largest absolute Gasteiger partial charge is 0.384 e. The maximum Gasteiger partial charge on any atom is 0.151 e. The molecule has 6 nitrogen and oxygen atoms in total. The molecule has 10 heteroatoms. The highest BCUT2D eigenvalue weighted by atomic mass is 19.2. The highest BCUT2D eigenvalue weighted by Crippen LogP contribution is 2.18. The topological polar surface area (TPSA) is 83.8 Å². The Kier molecular flexibility index (Phi) is 4.84. The number of hydrogen-bond donors (Lipinski definition) is 2. The zero-order valence-corrected chi connectivity index (χ0v) is 12.0. The van der Waals surface area contributed by atoms with Gasteiger partial charge in [0.25, 0.3) is 0 Å². The number of hydrogen-bond acceptors (Lipinski definition) is 5. The van der Waals surface area contributed by atoms with Crippen LogP contribution in [0.2, 0.25) is 0 Å². The molecule has 1 aliphatic rings. The number of nitrogens with zero attached hydrogens (tertiary/aromatic N) is 4. The van der Waals surface area contributed by atoms with E-state index in [1.54, 1.807) is 0 Å². The number of rotatable bonds is 4. The van der Waals surface area contributed by atoms with Gasteiger partial charge in [-0.2, -0.15) is 5.10 Å². The average molecular weight is 330 g/mol. The van der Waals surface area contributed by atoms with Crippen molar-refractivity contribution in [2.24, 2.45) is 16.6 Å². The van der Waals surface area contributed by atoms with Crippen LogP contribution in [0.3, 0.4) is 0 Å². The molecular formula is C13H14F4N6. The van der Waals surface area contributed by atoms with Gasteiger partial charge in [0.2, 0.25) is 0 Å². The summed E-state index contributed by atoms with van der Waals surface area (Å²) in [6.07, 6.45) is 2.42. The monoisotopic (exact) mass is 330 g/mol. The molecule has 2 unspecified atom stereocenters. The van der Waals surface area contributed by atoms with E-state index in [1.165, 1.54) is 7.05 Å². The fraction of sp³-hybridized carbons (Fsp3) is 0.231. The van der Waals surface area contributed by atoms with Crippen LogP contribution in [0.4, 0.5) is 17.7 Å². The maximum atomic E-state index is 13.6. The minimum Gasteiger partial charge on any atom is -0.384 e. The van der Waals surface area contributed by atoms with Crippen LogP contribution in [0.25, 0.3) is 0 Å². The number of pyridine rings is 1. The van der Waals surface area contributed by atoms with Crippen LogP contribution >= 0.6 is 0 Å². The molecule has 0 aromatic carbocycles. The van der Waals surface area contributed by atoms with Crippen LogP contribution in [-0.2, 0) is 0 Å².